The maximum Gasteiger partial charge on any atom is 0.327 e. The molecule has 0 bridgehead atoms. The van der Waals surface area contributed by atoms with E-state index in [4.69, 9.17) is 4.74 Å². The van der Waals surface area contributed by atoms with Gasteiger partial charge in [0.1, 0.15) is 6.33 Å². The monoisotopic (exact) mass is 183 g/mol. The van der Waals surface area contributed by atoms with E-state index in [2.05, 4.69) is 10.3 Å². The molecule has 1 aromatic rings. The van der Waals surface area contributed by atoms with Crippen molar-refractivity contribution in [1.82, 2.24) is 14.9 Å². The highest BCUT2D eigenvalue weighted by molar-refractivity contribution is 5.76. The van der Waals surface area contributed by atoms with Crippen LogP contribution in [0.4, 0.5) is 4.79 Å². The molecule has 0 aromatic carbocycles. The van der Waals surface area contributed by atoms with Crippen molar-refractivity contribution >= 4 is 6.03 Å². The van der Waals surface area contributed by atoms with Crippen molar-refractivity contribution in [3.05, 3.63) is 18.7 Å². The normalized spacial score (nSPS) is 12.5. The quantitative estimate of drug-likeness (QED) is 0.741. The molecule has 1 unspecified atom stereocenters. The minimum atomic E-state index is -0.193. The SMILES string of the molecule is COCC(C)NC(=O)n1ccnc1. The lowest BCUT2D eigenvalue weighted by Crippen LogP contribution is -2.37. The molecule has 0 radical (unpaired) electrons. The van der Waals surface area contributed by atoms with Gasteiger partial charge in [-0.25, -0.2) is 9.78 Å². The van der Waals surface area contributed by atoms with Crippen molar-refractivity contribution < 1.29 is 9.53 Å². The molecule has 0 aliphatic rings. The number of hydrogen-bond acceptors (Lipinski definition) is 3. The molecule has 0 aliphatic heterocycles. The van der Waals surface area contributed by atoms with Gasteiger partial charge in [0, 0.05) is 19.5 Å². The number of rotatable bonds is 3. The Morgan fingerprint density at radius 3 is 3.08 bits per heavy atom. The van der Waals surface area contributed by atoms with Crippen LogP contribution in [0.15, 0.2) is 18.7 Å². The number of carbonyl (C=O) groups excluding carboxylic acids is 1. The molecule has 0 saturated heterocycles. The predicted molar refractivity (Wildman–Crippen MR) is 47.5 cm³/mol. The first-order chi connectivity index (χ1) is 6.24. The van der Waals surface area contributed by atoms with E-state index in [0.29, 0.717) is 6.61 Å². The Labute approximate surface area is 76.7 Å². The number of aromatic nitrogens is 2. The second-order valence-electron chi connectivity index (χ2n) is 2.78. The van der Waals surface area contributed by atoms with Gasteiger partial charge in [0.25, 0.3) is 0 Å². The molecule has 0 spiro atoms. The van der Waals surface area contributed by atoms with Crippen LogP contribution >= 0.6 is 0 Å². The molecule has 13 heavy (non-hydrogen) atoms. The Hall–Kier alpha value is -1.36. The van der Waals surface area contributed by atoms with E-state index in [9.17, 15) is 4.79 Å². The van der Waals surface area contributed by atoms with Crippen molar-refractivity contribution in [2.45, 2.75) is 13.0 Å². The number of carbonyl (C=O) groups is 1. The van der Waals surface area contributed by atoms with Crippen LogP contribution in [0, 0.1) is 0 Å². The summed E-state index contributed by atoms with van der Waals surface area (Å²) in [5, 5.41) is 2.74. The third-order valence-corrected chi connectivity index (χ3v) is 1.53. The molecule has 5 heteroatoms. The fraction of sp³-hybridized carbons (Fsp3) is 0.500. The van der Waals surface area contributed by atoms with Crippen LogP contribution in [0.3, 0.4) is 0 Å². The minimum absolute atomic E-state index is 0.0000926. The zero-order chi connectivity index (χ0) is 9.68. The number of hydrogen-bond donors (Lipinski definition) is 1. The molecular formula is C8H13N3O2. The third-order valence-electron chi connectivity index (χ3n) is 1.53. The summed E-state index contributed by atoms with van der Waals surface area (Å²) in [5.41, 5.74) is 0. The fourth-order valence-corrected chi connectivity index (χ4v) is 0.956. The standard InChI is InChI=1S/C8H13N3O2/c1-7(5-13-2)10-8(12)11-4-3-9-6-11/h3-4,6-7H,5H2,1-2H3,(H,10,12). The third kappa shape index (κ3) is 2.87. The maximum absolute atomic E-state index is 11.3. The van der Waals surface area contributed by atoms with Crippen molar-refractivity contribution in [2.24, 2.45) is 0 Å². The first-order valence-electron chi connectivity index (χ1n) is 4.02. The Bertz CT molecular complexity index is 258. The highest BCUT2D eigenvalue weighted by Gasteiger charge is 2.07. The van der Waals surface area contributed by atoms with Gasteiger partial charge in [0.05, 0.1) is 12.6 Å². The Kier molecular flexibility index (Phi) is 3.45. The number of nitrogens with one attached hydrogen (secondary N) is 1. The van der Waals surface area contributed by atoms with E-state index >= 15 is 0 Å². The number of methoxy groups -OCH3 is 1. The molecule has 1 aromatic heterocycles. The first-order valence-corrected chi connectivity index (χ1v) is 4.02. The zero-order valence-corrected chi connectivity index (χ0v) is 7.73. The summed E-state index contributed by atoms with van der Waals surface area (Å²) in [5.74, 6) is 0. The average Bonchev–Trinajstić information content (AvgIpc) is 2.55. The Balaban J connectivity index is 2.42. The second kappa shape index (κ2) is 4.61. The van der Waals surface area contributed by atoms with Gasteiger partial charge in [-0.2, -0.15) is 0 Å². The van der Waals surface area contributed by atoms with Gasteiger partial charge in [-0.3, -0.25) is 4.57 Å². The summed E-state index contributed by atoms with van der Waals surface area (Å²) >= 11 is 0. The van der Waals surface area contributed by atoms with Crippen molar-refractivity contribution in [1.29, 1.82) is 0 Å². The topological polar surface area (TPSA) is 56.1 Å². The smallest absolute Gasteiger partial charge is 0.327 e. The number of ether oxygens (including phenoxy) is 1. The summed E-state index contributed by atoms with van der Waals surface area (Å²) in [6.45, 7) is 2.37. The average molecular weight is 183 g/mol. The Morgan fingerprint density at radius 2 is 2.54 bits per heavy atom. The van der Waals surface area contributed by atoms with Crippen molar-refractivity contribution in [3.63, 3.8) is 0 Å². The zero-order valence-electron chi connectivity index (χ0n) is 7.73. The van der Waals surface area contributed by atoms with Gasteiger partial charge in [0.15, 0.2) is 0 Å². The van der Waals surface area contributed by atoms with Gasteiger partial charge < -0.3 is 10.1 Å². The molecule has 1 rings (SSSR count). The van der Waals surface area contributed by atoms with Gasteiger partial charge in [-0.15, -0.1) is 0 Å². The van der Waals surface area contributed by atoms with Gasteiger partial charge in [0.2, 0.25) is 0 Å². The summed E-state index contributed by atoms with van der Waals surface area (Å²) in [4.78, 5) is 15.1. The summed E-state index contributed by atoms with van der Waals surface area (Å²) in [6, 6.07) is -0.193. The van der Waals surface area contributed by atoms with E-state index in [-0.39, 0.29) is 12.1 Å². The molecule has 72 valence electrons. The van der Waals surface area contributed by atoms with E-state index in [1.165, 1.54) is 10.9 Å². The molecular weight excluding hydrogens is 170 g/mol. The van der Waals surface area contributed by atoms with Gasteiger partial charge in [-0.1, -0.05) is 0 Å². The highest BCUT2D eigenvalue weighted by Crippen LogP contribution is 1.88. The van der Waals surface area contributed by atoms with Crippen molar-refractivity contribution in [2.75, 3.05) is 13.7 Å². The van der Waals surface area contributed by atoms with Crippen LogP contribution in [0.2, 0.25) is 0 Å². The number of amides is 1. The number of imidazole rings is 1. The molecule has 0 saturated carbocycles. The molecule has 1 amide bonds. The fourth-order valence-electron chi connectivity index (χ4n) is 0.956. The maximum atomic E-state index is 11.3. The van der Waals surface area contributed by atoms with E-state index in [1.54, 1.807) is 19.5 Å². The molecule has 0 aliphatic carbocycles. The molecule has 1 N–H and O–H groups in total. The van der Waals surface area contributed by atoms with Crippen LogP contribution in [-0.2, 0) is 4.74 Å². The van der Waals surface area contributed by atoms with Crippen LogP contribution in [0.25, 0.3) is 0 Å². The highest BCUT2D eigenvalue weighted by atomic mass is 16.5. The summed E-state index contributed by atoms with van der Waals surface area (Å²) in [6.07, 6.45) is 4.60. The lowest BCUT2D eigenvalue weighted by molar-refractivity contribution is 0.171. The molecule has 5 nitrogen and oxygen atoms in total. The van der Waals surface area contributed by atoms with Gasteiger partial charge >= 0.3 is 6.03 Å². The Morgan fingerprint density at radius 1 is 1.77 bits per heavy atom. The second-order valence-corrected chi connectivity index (χ2v) is 2.78. The summed E-state index contributed by atoms with van der Waals surface area (Å²) in [7, 11) is 1.60. The molecule has 1 heterocycles. The van der Waals surface area contributed by atoms with Crippen LogP contribution in [0.1, 0.15) is 6.92 Å². The van der Waals surface area contributed by atoms with Crippen LogP contribution < -0.4 is 5.32 Å². The van der Waals surface area contributed by atoms with Crippen LogP contribution in [-0.4, -0.2) is 35.3 Å². The van der Waals surface area contributed by atoms with Crippen molar-refractivity contribution in [3.8, 4) is 0 Å². The van der Waals surface area contributed by atoms with Crippen LogP contribution in [0.5, 0.6) is 0 Å². The first kappa shape index (κ1) is 9.73. The largest absolute Gasteiger partial charge is 0.383 e. The molecule has 0 fully saturated rings. The number of nitrogens with zero attached hydrogens (tertiary/aromatic N) is 2. The lowest BCUT2D eigenvalue weighted by atomic mass is 10.4. The van der Waals surface area contributed by atoms with E-state index in [0.717, 1.165) is 0 Å². The predicted octanol–water partition coefficient (Wildman–Crippen LogP) is 0.476. The molecule has 1 atom stereocenters. The summed E-state index contributed by atoms with van der Waals surface area (Å²) < 4.78 is 6.26. The lowest BCUT2D eigenvalue weighted by Gasteiger charge is -2.12. The van der Waals surface area contributed by atoms with Gasteiger partial charge in [-0.05, 0) is 6.92 Å². The minimum Gasteiger partial charge on any atom is -0.383 e. The van der Waals surface area contributed by atoms with E-state index < -0.39 is 0 Å². The van der Waals surface area contributed by atoms with E-state index in [1.807, 2.05) is 6.92 Å².